The number of carbonyl (C=O) groups is 1. The van der Waals surface area contributed by atoms with E-state index in [-0.39, 0.29) is 17.3 Å². The monoisotopic (exact) mass is 424 g/mol. The summed E-state index contributed by atoms with van der Waals surface area (Å²) in [5, 5.41) is 2.78. The highest BCUT2D eigenvalue weighted by Crippen LogP contribution is 2.21. The number of benzene rings is 3. The Hall–Kier alpha value is -3.16. The zero-order valence-electron chi connectivity index (χ0n) is 16.7. The van der Waals surface area contributed by atoms with Crippen LogP contribution in [0.4, 0.5) is 5.69 Å². The van der Waals surface area contributed by atoms with E-state index in [9.17, 15) is 13.2 Å². The lowest BCUT2D eigenvalue weighted by Crippen LogP contribution is -2.23. The Balaban J connectivity index is 1.66. The van der Waals surface area contributed by atoms with Crippen LogP contribution in [0.25, 0.3) is 0 Å². The van der Waals surface area contributed by atoms with Gasteiger partial charge in [-0.05, 0) is 48.4 Å². The number of para-hydroxylation sites is 1. The molecule has 0 atom stereocenters. The Morgan fingerprint density at radius 1 is 0.900 bits per heavy atom. The first kappa shape index (κ1) is 21.5. The molecule has 3 aromatic carbocycles. The topological polar surface area (TPSA) is 84.5 Å². The molecule has 0 radical (unpaired) electrons. The summed E-state index contributed by atoms with van der Waals surface area (Å²) in [6.07, 6.45) is 0.837. The summed E-state index contributed by atoms with van der Waals surface area (Å²) in [6.45, 7) is 2.72. The number of rotatable bonds is 9. The Labute approximate surface area is 177 Å². The van der Waals surface area contributed by atoms with Gasteiger partial charge in [0.15, 0.2) is 0 Å². The van der Waals surface area contributed by atoms with Crippen molar-refractivity contribution in [2.75, 3.05) is 11.9 Å². The molecule has 0 aromatic heterocycles. The normalized spacial score (nSPS) is 11.1. The molecule has 6 nitrogen and oxygen atoms in total. The quantitative estimate of drug-likeness (QED) is 0.539. The lowest BCUT2D eigenvalue weighted by molar-refractivity contribution is 0.102. The van der Waals surface area contributed by atoms with Crippen LogP contribution in [-0.2, 0) is 16.6 Å². The third kappa shape index (κ3) is 5.68. The van der Waals surface area contributed by atoms with Crippen molar-refractivity contribution in [2.45, 2.75) is 24.8 Å². The molecule has 0 saturated carbocycles. The van der Waals surface area contributed by atoms with E-state index in [2.05, 4.69) is 10.0 Å². The largest absolute Gasteiger partial charge is 0.493 e. The van der Waals surface area contributed by atoms with E-state index in [1.807, 2.05) is 43.3 Å². The van der Waals surface area contributed by atoms with E-state index in [1.165, 1.54) is 12.1 Å². The fourth-order valence-corrected chi connectivity index (χ4v) is 3.78. The molecule has 30 heavy (non-hydrogen) atoms. The number of sulfonamides is 1. The highest BCUT2D eigenvalue weighted by atomic mass is 32.2. The molecule has 0 aliphatic carbocycles. The van der Waals surface area contributed by atoms with Gasteiger partial charge in [-0.2, -0.15) is 0 Å². The second-order valence-electron chi connectivity index (χ2n) is 6.63. The summed E-state index contributed by atoms with van der Waals surface area (Å²) in [5.41, 5.74) is 1.79. The van der Waals surface area contributed by atoms with Gasteiger partial charge in [0.05, 0.1) is 17.1 Å². The summed E-state index contributed by atoms with van der Waals surface area (Å²) < 4.78 is 33.2. The third-order valence-electron chi connectivity index (χ3n) is 4.32. The first-order chi connectivity index (χ1) is 14.5. The van der Waals surface area contributed by atoms with Crippen molar-refractivity contribution in [3.8, 4) is 5.75 Å². The van der Waals surface area contributed by atoms with Gasteiger partial charge in [0.2, 0.25) is 10.0 Å². The number of nitrogens with one attached hydrogen (secondary N) is 2. The van der Waals surface area contributed by atoms with Gasteiger partial charge in [0, 0.05) is 12.2 Å². The van der Waals surface area contributed by atoms with Crippen LogP contribution in [0.3, 0.4) is 0 Å². The van der Waals surface area contributed by atoms with Crippen molar-refractivity contribution in [1.29, 1.82) is 0 Å². The predicted molar refractivity (Wildman–Crippen MR) is 117 cm³/mol. The molecule has 0 heterocycles. The zero-order chi connectivity index (χ0) is 21.4. The summed E-state index contributed by atoms with van der Waals surface area (Å²) in [5.74, 6) is 0.195. The molecule has 0 unspecified atom stereocenters. The number of carbonyl (C=O) groups excluding carboxylic acids is 1. The Morgan fingerprint density at radius 3 is 2.27 bits per heavy atom. The average Bonchev–Trinajstić information content (AvgIpc) is 2.77. The molecule has 7 heteroatoms. The van der Waals surface area contributed by atoms with Gasteiger partial charge in [-0.1, -0.05) is 49.4 Å². The van der Waals surface area contributed by atoms with Crippen molar-refractivity contribution >= 4 is 21.6 Å². The van der Waals surface area contributed by atoms with Gasteiger partial charge in [-0.25, -0.2) is 13.1 Å². The van der Waals surface area contributed by atoms with Gasteiger partial charge in [-0.3, -0.25) is 4.79 Å². The molecule has 0 bridgehead atoms. The molecule has 3 aromatic rings. The van der Waals surface area contributed by atoms with Crippen molar-refractivity contribution < 1.29 is 17.9 Å². The molecule has 156 valence electrons. The van der Waals surface area contributed by atoms with E-state index < -0.39 is 10.0 Å². The highest BCUT2D eigenvalue weighted by molar-refractivity contribution is 7.89. The van der Waals surface area contributed by atoms with Crippen LogP contribution >= 0.6 is 0 Å². The second kappa shape index (κ2) is 10.0. The fourth-order valence-electron chi connectivity index (χ4n) is 2.77. The van der Waals surface area contributed by atoms with Crippen LogP contribution in [0.15, 0.2) is 83.8 Å². The van der Waals surface area contributed by atoms with Gasteiger partial charge in [0.1, 0.15) is 5.75 Å². The van der Waals surface area contributed by atoms with Crippen LogP contribution in [0, 0.1) is 0 Å². The number of anilines is 1. The summed E-state index contributed by atoms with van der Waals surface area (Å²) >= 11 is 0. The zero-order valence-corrected chi connectivity index (χ0v) is 17.5. The highest BCUT2D eigenvalue weighted by Gasteiger charge is 2.15. The van der Waals surface area contributed by atoms with E-state index in [0.29, 0.717) is 23.6 Å². The van der Waals surface area contributed by atoms with Gasteiger partial charge in [0.25, 0.3) is 5.91 Å². The van der Waals surface area contributed by atoms with E-state index in [0.717, 1.165) is 12.0 Å². The molecule has 0 aliphatic rings. The van der Waals surface area contributed by atoms with Crippen LogP contribution < -0.4 is 14.8 Å². The van der Waals surface area contributed by atoms with E-state index in [4.69, 9.17) is 4.74 Å². The van der Waals surface area contributed by atoms with Crippen LogP contribution in [0.1, 0.15) is 29.3 Å². The van der Waals surface area contributed by atoms with Crippen molar-refractivity contribution in [2.24, 2.45) is 0 Å². The van der Waals surface area contributed by atoms with Crippen LogP contribution in [0.5, 0.6) is 5.75 Å². The number of ether oxygens (including phenoxy) is 1. The maximum atomic E-state index is 12.6. The number of hydrogen-bond donors (Lipinski definition) is 2. The minimum Gasteiger partial charge on any atom is -0.493 e. The minimum atomic E-state index is -3.66. The molecule has 3 rings (SSSR count). The first-order valence-electron chi connectivity index (χ1n) is 9.66. The lowest BCUT2D eigenvalue weighted by Gasteiger charge is -2.12. The summed E-state index contributed by atoms with van der Waals surface area (Å²) in [4.78, 5) is 12.7. The SMILES string of the molecule is CCCOc1ccccc1C(=O)Nc1ccc(S(=O)(=O)NCc2ccccc2)cc1. The second-order valence-corrected chi connectivity index (χ2v) is 8.40. The Bertz CT molecular complexity index is 1080. The Kier molecular flexibility index (Phi) is 7.21. The van der Waals surface area contributed by atoms with Gasteiger partial charge < -0.3 is 10.1 Å². The Morgan fingerprint density at radius 2 is 1.57 bits per heavy atom. The van der Waals surface area contributed by atoms with Crippen LogP contribution in [-0.4, -0.2) is 20.9 Å². The summed E-state index contributed by atoms with van der Waals surface area (Å²) in [7, 11) is -3.66. The molecule has 1 amide bonds. The summed E-state index contributed by atoms with van der Waals surface area (Å²) in [6, 6.07) is 22.3. The van der Waals surface area contributed by atoms with Gasteiger partial charge >= 0.3 is 0 Å². The third-order valence-corrected chi connectivity index (χ3v) is 5.74. The molecule has 0 saturated heterocycles. The standard InChI is InChI=1S/C23H24N2O4S/c1-2-16-29-22-11-7-6-10-21(22)23(26)25-19-12-14-20(15-13-19)30(27,28)24-17-18-8-4-3-5-9-18/h3-15,24H,2,16-17H2,1H3,(H,25,26). The average molecular weight is 425 g/mol. The molecule has 2 N–H and O–H groups in total. The van der Waals surface area contributed by atoms with Gasteiger partial charge in [-0.15, -0.1) is 0 Å². The lowest BCUT2D eigenvalue weighted by atomic mass is 10.2. The minimum absolute atomic E-state index is 0.128. The maximum absolute atomic E-state index is 12.6. The smallest absolute Gasteiger partial charge is 0.259 e. The predicted octanol–water partition coefficient (Wildman–Crippen LogP) is 4.21. The molecule has 0 aliphatic heterocycles. The molecular formula is C23H24N2O4S. The van der Waals surface area contributed by atoms with Crippen molar-refractivity contribution in [3.05, 3.63) is 90.0 Å². The fraction of sp³-hybridized carbons (Fsp3) is 0.174. The number of amides is 1. The molecule has 0 spiro atoms. The van der Waals surface area contributed by atoms with E-state index in [1.54, 1.807) is 30.3 Å². The molecular weight excluding hydrogens is 400 g/mol. The van der Waals surface area contributed by atoms with Crippen molar-refractivity contribution in [1.82, 2.24) is 4.72 Å². The van der Waals surface area contributed by atoms with E-state index >= 15 is 0 Å². The molecule has 0 fully saturated rings. The van der Waals surface area contributed by atoms with Crippen molar-refractivity contribution in [3.63, 3.8) is 0 Å². The van der Waals surface area contributed by atoms with Crippen LogP contribution in [0.2, 0.25) is 0 Å². The maximum Gasteiger partial charge on any atom is 0.259 e. The first-order valence-corrected chi connectivity index (χ1v) is 11.1. The number of hydrogen-bond acceptors (Lipinski definition) is 4.